The summed E-state index contributed by atoms with van der Waals surface area (Å²) in [7, 11) is 0. The molecular weight excluding hydrogens is 368 g/mol. The number of benzene rings is 2. The highest BCUT2D eigenvalue weighted by molar-refractivity contribution is 6.32. The fraction of sp³-hybridized carbons (Fsp3) is 0.111. The third-order valence-corrected chi connectivity index (χ3v) is 3.86. The lowest BCUT2D eigenvalue weighted by Gasteiger charge is -2.10. The number of hydrogen-bond acceptors (Lipinski definition) is 4. The Morgan fingerprint density at radius 1 is 1.23 bits per heavy atom. The van der Waals surface area contributed by atoms with Crippen molar-refractivity contribution < 1.29 is 22.7 Å². The van der Waals surface area contributed by atoms with E-state index >= 15 is 0 Å². The number of rotatable bonds is 4. The van der Waals surface area contributed by atoms with Crippen LogP contribution in [0.2, 0.25) is 5.02 Å². The summed E-state index contributed by atoms with van der Waals surface area (Å²) in [5.41, 5.74) is 0.113. The molecule has 1 aromatic heterocycles. The number of hydrogen-bond donors (Lipinski definition) is 1. The highest BCUT2D eigenvalue weighted by atomic mass is 35.5. The van der Waals surface area contributed by atoms with E-state index in [2.05, 4.69) is 5.32 Å². The molecule has 5 nitrogen and oxygen atoms in total. The Balaban J connectivity index is 1.77. The van der Waals surface area contributed by atoms with Crippen LogP contribution >= 0.6 is 11.6 Å². The van der Waals surface area contributed by atoms with Crippen molar-refractivity contribution in [1.82, 2.24) is 0 Å². The number of fused-ring (bicyclic) bond motifs is 1. The van der Waals surface area contributed by atoms with Crippen molar-refractivity contribution in [3.05, 3.63) is 69.0 Å². The van der Waals surface area contributed by atoms with Crippen LogP contribution in [0.1, 0.15) is 5.56 Å². The number of anilines is 1. The number of aryl methyl sites for hydroxylation is 1. The summed E-state index contributed by atoms with van der Waals surface area (Å²) < 4.78 is 37.0. The van der Waals surface area contributed by atoms with Crippen molar-refractivity contribution in [2.24, 2.45) is 0 Å². The minimum atomic E-state index is -0.777. The summed E-state index contributed by atoms with van der Waals surface area (Å²) in [4.78, 5) is 23.3. The molecule has 26 heavy (non-hydrogen) atoms. The van der Waals surface area contributed by atoms with Gasteiger partial charge in [-0.05, 0) is 30.7 Å². The van der Waals surface area contributed by atoms with Gasteiger partial charge in [-0.3, -0.25) is 4.79 Å². The van der Waals surface area contributed by atoms with Crippen LogP contribution in [0.3, 0.4) is 0 Å². The maximum Gasteiger partial charge on any atom is 0.336 e. The van der Waals surface area contributed by atoms with Crippen LogP contribution in [0.15, 0.2) is 45.6 Å². The lowest BCUT2D eigenvalue weighted by atomic mass is 10.1. The Hall–Kier alpha value is -2.93. The monoisotopic (exact) mass is 379 g/mol. The minimum absolute atomic E-state index is 0.114. The van der Waals surface area contributed by atoms with Gasteiger partial charge in [0.2, 0.25) is 0 Å². The summed E-state index contributed by atoms with van der Waals surface area (Å²) >= 11 is 6.12. The average molecular weight is 380 g/mol. The third-order valence-electron chi connectivity index (χ3n) is 3.57. The molecule has 1 heterocycles. The van der Waals surface area contributed by atoms with Crippen LogP contribution in [0.4, 0.5) is 14.5 Å². The van der Waals surface area contributed by atoms with Crippen LogP contribution in [0, 0.1) is 18.6 Å². The van der Waals surface area contributed by atoms with Crippen molar-refractivity contribution in [3.63, 3.8) is 0 Å². The topological polar surface area (TPSA) is 68.5 Å². The summed E-state index contributed by atoms with van der Waals surface area (Å²) in [6.07, 6.45) is 0. The van der Waals surface area contributed by atoms with Gasteiger partial charge in [-0.15, -0.1) is 0 Å². The molecular formula is C18H12ClF2NO4. The van der Waals surface area contributed by atoms with E-state index in [1.165, 1.54) is 12.1 Å². The molecule has 0 spiro atoms. The van der Waals surface area contributed by atoms with E-state index in [-0.39, 0.29) is 22.0 Å². The van der Waals surface area contributed by atoms with E-state index in [0.717, 1.165) is 18.2 Å². The first-order valence-electron chi connectivity index (χ1n) is 7.45. The van der Waals surface area contributed by atoms with E-state index in [1.54, 1.807) is 13.0 Å². The molecule has 0 radical (unpaired) electrons. The number of nitrogens with one attached hydrogen (secondary N) is 1. The molecule has 0 saturated carbocycles. The van der Waals surface area contributed by atoms with Crippen LogP contribution in [0.25, 0.3) is 11.0 Å². The van der Waals surface area contributed by atoms with Gasteiger partial charge in [0.1, 0.15) is 23.0 Å². The van der Waals surface area contributed by atoms with E-state index in [4.69, 9.17) is 20.8 Å². The molecule has 3 aromatic rings. The summed E-state index contributed by atoms with van der Waals surface area (Å²) in [6.45, 7) is 1.23. The van der Waals surface area contributed by atoms with Gasteiger partial charge in [0.25, 0.3) is 5.91 Å². The van der Waals surface area contributed by atoms with Crippen LogP contribution < -0.4 is 15.7 Å². The van der Waals surface area contributed by atoms with E-state index in [0.29, 0.717) is 10.9 Å². The molecule has 0 unspecified atom stereocenters. The number of carbonyl (C=O) groups excluding carboxylic acids is 1. The van der Waals surface area contributed by atoms with Crippen molar-refractivity contribution >= 4 is 34.2 Å². The predicted octanol–water partition coefficient (Wildman–Crippen LogP) is 4.05. The quantitative estimate of drug-likeness (QED) is 0.694. The van der Waals surface area contributed by atoms with Crippen LogP contribution in [-0.2, 0) is 4.79 Å². The van der Waals surface area contributed by atoms with Gasteiger partial charge in [0.05, 0.1) is 10.7 Å². The summed E-state index contributed by atoms with van der Waals surface area (Å²) in [5.74, 6) is -2.06. The van der Waals surface area contributed by atoms with Gasteiger partial charge in [-0.2, -0.15) is 0 Å². The van der Waals surface area contributed by atoms with Gasteiger partial charge < -0.3 is 14.5 Å². The Morgan fingerprint density at radius 2 is 2.00 bits per heavy atom. The molecule has 3 rings (SSSR count). The fourth-order valence-electron chi connectivity index (χ4n) is 2.35. The lowest BCUT2D eigenvalue weighted by Crippen LogP contribution is -2.21. The Kier molecular flexibility index (Phi) is 4.90. The molecule has 1 amide bonds. The molecule has 134 valence electrons. The lowest BCUT2D eigenvalue weighted by molar-refractivity contribution is -0.118. The van der Waals surface area contributed by atoms with Crippen molar-refractivity contribution in [2.45, 2.75) is 6.92 Å². The standard InChI is InChI=1S/C18H12ClF2NO4/c1-9-4-18(24)26-15-7-16(12(19)6-11(9)15)25-8-17(23)22-14-5-10(20)2-3-13(14)21/h2-7H,8H2,1H3,(H,22,23). The molecule has 0 fully saturated rings. The highest BCUT2D eigenvalue weighted by Crippen LogP contribution is 2.31. The first-order chi connectivity index (χ1) is 12.3. The smallest absolute Gasteiger partial charge is 0.336 e. The largest absolute Gasteiger partial charge is 0.482 e. The Labute approximate surface area is 151 Å². The number of ether oxygens (including phenoxy) is 1. The number of amides is 1. The molecule has 0 saturated heterocycles. The normalized spacial score (nSPS) is 10.8. The van der Waals surface area contributed by atoms with Crippen LogP contribution in [0.5, 0.6) is 5.75 Å². The molecule has 0 aliphatic carbocycles. The molecule has 0 atom stereocenters. The summed E-state index contributed by atoms with van der Waals surface area (Å²) in [5, 5.41) is 3.04. The first kappa shape index (κ1) is 17.9. The van der Waals surface area contributed by atoms with Gasteiger partial charge in [-0.25, -0.2) is 13.6 Å². The first-order valence-corrected chi connectivity index (χ1v) is 7.83. The molecule has 2 aromatic carbocycles. The Bertz CT molecular complexity index is 1060. The van der Waals surface area contributed by atoms with E-state index in [1.807, 2.05) is 0 Å². The van der Waals surface area contributed by atoms with Gasteiger partial charge in [0, 0.05) is 23.6 Å². The van der Waals surface area contributed by atoms with Crippen molar-refractivity contribution in [1.29, 1.82) is 0 Å². The second-order valence-corrected chi connectivity index (χ2v) is 5.90. The van der Waals surface area contributed by atoms with Gasteiger partial charge in [0.15, 0.2) is 6.61 Å². The zero-order valence-electron chi connectivity index (χ0n) is 13.4. The van der Waals surface area contributed by atoms with E-state index in [9.17, 15) is 18.4 Å². The average Bonchev–Trinajstić information content (AvgIpc) is 2.57. The van der Waals surface area contributed by atoms with E-state index < -0.39 is 29.8 Å². The second-order valence-electron chi connectivity index (χ2n) is 5.49. The van der Waals surface area contributed by atoms with Crippen molar-refractivity contribution in [3.8, 4) is 5.75 Å². The highest BCUT2D eigenvalue weighted by Gasteiger charge is 2.12. The molecule has 1 N–H and O–H groups in total. The number of halogens is 3. The van der Waals surface area contributed by atoms with Gasteiger partial charge >= 0.3 is 5.63 Å². The maximum atomic E-state index is 13.5. The zero-order valence-corrected chi connectivity index (χ0v) is 14.2. The maximum absolute atomic E-state index is 13.5. The molecule has 0 bridgehead atoms. The summed E-state index contributed by atoms with van der Waals surface area (Å²) in [6, 6.07) is 6.97. The number of carbonyl (C=O) groups is 1. The Morgan fingerprint density at radius 3 is 2.77 bits per heavy atom. The van der Waals surface area contributed by atoms with Crippen LogP contribution in [-0.4, -0.2) is 12.5 Å². The fourth-order valence-corrected chi connectivity index (χ4v) is 2.57. The minimum Gasteiger partial charge on any atom is -0.482 e. The molecule has 8 heteroatoms. The third kappa shape index (κ3) is 3.83. The second kappa shape index (κ2) is 7.13. The molecule has 0 aliphatic rings. The predicted molar refractivity (Wildman–Crippen MR) is 92.7 cm³/mol. The van der Waals surface area contributed by atoms with Gasteiger partial charge in [-0.1, -0.05) is 11.6 Å². The SMILES string of the molecule is Cc1cc(=O)oc2cc(OCC(=O)Nc3cc(F)ccc3F)c(Cl)cc12. The van der Waals surface area contributed by atoms with Crippen molar-refractivity contribution in [2.75, 3.05) is 11.9 Å². The zero-order chi connectivity index (χ0) is 18.8. The molecule has 0 aliphatic heterocycles.